The standard InChI is InChI=1S/C10H15NO4/c1-4(2)7-9(14)10(15)8-5(12)3-6(13)11(7)8/h5,8-10,12,14-15H,3H2,1-2H3. The summed E-state index contributed by atoms with van der Waals surface area (Å²) in [6.07, 6.45) is -3.03. The molecule has 84 valence electrons. The maximum atomic E-state index is 11.6. The van der Waals surface area contributed by atoms with Crippen molar-refractivity contribution in [3.05, 3.63) is 11.3 Å². The van der Waals surface area contributed by atoms with Crippen molar-refractivity contribution in [2.75, 3.05) is 0 Å². The Bertz CT molecular complexity index is 334. The van der Waals surface area contributed by atoms with Gasteiger partial charge in [-0.1, -0.05) is 5.57 Å². The number of carbonyl (C=O) groups is 1. The van der Waals surface area contributed by atoms with Gasteiger partial charge in [0.1, 0.15) is 12.2 Å². The number of carbonyl (C=O) groups excluding carboxylic acids is 1. The van der Waals surface area contributed by atoms with E-state index in [0.29, 0.717) is 5.70 Å². The van der Waals surface area contributed by atoms with Crippen LogP contribution in [0.1, 0.15) is 20.3 Å². The van der Waals surface area contributed by atoms with Gasteiger partial charge in [0, 0.05) is 0 Å². The highest BCUT2D eigenvalue weighted by molar-refractivity contribution is 5.83. The molecule has 2 aliphatic heterocycles. The zero-order valence-electron chi connectivity index (χ0n) is 8.71. The van der Waals surface area contributed by atoms with Gasteiger partial charge in [0.05, 0.1) is 24.3 Å². The molecule has 3 N–H and O–H groups in total. The fourth-order valence-electron chi connectivity index (χ4n) is 2.44. The third-order valence-corrected chi connectivity index (χ3v) is 3.07. The van der Waals surface area contributed by atoms with Crippen LogP contribution in [0.4, 0.5) is 0 Å². The molecule has 2 rings (SSSR count). The average molecular weight is 213 g/mol. The second-order valence-corrected chi connectivity index (χ2v) is 4.35. The summed E-state index contributed by atoms with van der Waals surface area (Å²) in [6, 6.07) is -0.683. The molecule has 5 nitrogen and oxygen atoms in total. The number of nitrogens with zero attached hydrogens (tertiary/aromatic N) is 1. The average Bonchev–Trinajstić information content (AvgIpc) is 2.54. The van der Waals surface area contributed by atoms with E-state index in [-0.39, 0.29) is 12.3 Å². The molecule has 0 aromatic heterocycles. The summed E-state index contributed by atoms with van der Waals surface area (Å²) in [4.78, 5) is 12.9. The zero-order valence-corrected chi connectivity index (χ0v) is 8.71. The lowest BCUT2D eigenvalue weighted by Gasteiger charge is -2.19. The van der Waals surface area contributed by atoms with Crippen LogP contribution >= 0.6 is 0 Å². The van der Waals surface area contributed by atoms with Crippen molar-refractivity contribution in [2.24, 2.45) is 0 Å². The Kier molecular flexibility index (Phi) is 2.33. The van der Waals surface area contributed by atoms with Crippen molar-refractivity contribution in [3.8, 4) is 0 Å². The number of fused-ring (bicyclic) bond motifs is 1. The lowest BCUT2D eigenvalue weighted by molar-refractivity contribution is -0.126. The maximum absolute atomic E-state index is 11.6. The Hall–Kier alpha value is -0.910. The fraction of sp³-hybridized carbons (Fsp3) is 0.700. The minimum absolute atomic E-state index is 0.0191. The summed E-state index contributed by atoms with van der Waals surface area (Å²) in [6.45, 7) is 3.54. The third kappa shape index (κ3) is 1.31. The first-order valence-electron chi connectivity index (χ1n) is 4.98. The van der Waals surface area contributed by atoms with Crippen LogP contribution in [0.15, 0.2) is 11.3 Å². The van der Waals surface area contributed by atoms with E-state index in [4.69, 9.17) is 0 Å². The molecule has 0 aliphatic carbocycles. The van der Waals surface area contributed by atoms with Gasteiger partial charge in [0.15, 0.2) is 0 Å². The van der Waals surface area contributed by atoms with Crippen LogP contribution in [0.3, 0.4) is 0 Å². The van der Waals surface area contributed by atoms with E-state index >= 15 is 0 Å². The van der Waals surface area contributed by atoms with E-state index in [1.54, 1.807) is 13.8 Å². The Labute approximate surface area is 87.6 Å². The molecule has 0 aromatic carbocycles. The van der Waals surface area contributed by atoms with Gasteiger partial charge in [-0.25, -0.2) is 0 Å². The second-order valence-electron chi connectivity index (χ2n) is 4.35. The first-order valence-corrected chi connectivity index (χ1v) is 4.98. The summed E-state index contributed by atoms with van der Waals surface area (Å²) < 4.78 is 0. The number of aliphatic hydroxyl groups is 3. The molecule has 0 saturated carbocycles. The normalized spacial score (nSPS) is 39.9. The first-order chi connectivity index (χ1) is 6.95. The molecule has 0 radical (unpaired) electrons. The van der Waals surface area contributed by atoms with Crippen molar-refractivity contribution < 1.29 is 20.1 Å². The van der Waals surface area contributed by atoms with Crippen molar-refractivity contribution in [1.29, 1.82) is 0 Å². The van der Waals surface area contributed by atoms with Crippen LogP contribution in [0.25, 0.3) is 0 Å². The maximum Gasteiger partial charge on any atom is 0.229 e. The quantitative estimate of drug-likeness (QED) is 0.481. The van der Waals surface area contributed by atoms with Gasteiger partial charge in [-0.15, -0.1) is 0 Å². The Morgan fingerprint density at radius 2 is 1.93 bits per heavy atom. The minimum atomic E-state index is -1.09. The Morgan fingerprint density at radius 3 is 2.47 bits per heavy atom. The van der Waals surface area contributed by atoms with Crippen LogP contribution in [0.2, 0.25) is 0 Å². The molecule has 0 spiro atoms. The summed E-state index contributed by atoms with van der Waals surface area (Å²) in [5.41, 5.74) is 1.22. The van der Waals surface area contributed by atoms with Crippen molar-refractivity contribution >= 4 is 5.91 Å². The zero-order chi connectivity index (χ0) is 11.3. The van der Waals surface area contributed by atoms with E-state index in [2.05, 4.69) is 0 Å². The van der Waals surface area contributed by atoms with Crippen molar-refractivity contribution in [2.45, 2.75) is 44.6 Å². The molecule has 15 heavy (non-hydrogen) atoms. The van der Waals surface area contributed by atoms with Gasteiger partial charge in [-0.2, -0.15) is 0 Å². The van der Waals surface area contributed by atoms with Crippen LogP contribution in [-0.4, -0.2) is 50.5 Å². The van der Waals surface area contributed by atoms with Gasteiger partial charge in [-0.3, -0.25) is 4.79 Å². The lowest BCUT2D eigenvalue weighted by Crippen LogP contribution is -2.39. The van der Waals surface area contributed by atoms with Crippen molar-refractivity contribution in [1.82, 2.24) is 4.90 Å². The van der Waals surface area contributed by atoms with Crippen LogP contribution in [0.5, 0.6) is 0 Å². The molecular weight excluding hydrogens is 198 g/mol. The molecule has 5 heteroatoms. The highest BCUT2D eigenvalue weighted by atomic mass is 16.3. The van der Waals surface area contributed by atoms with Gasteiger partial charge in [0.25, 0.3) is 0 Å². The summed E-state index contributed by atoms with van der Waals surface area (Å²) >= 11 is 0. The summed E-state index contributed by atoms with van der Waals surface area (Å²) in [7, 11) is 0. The minimum Gasteiger partial charge on any atom is -0.390 e. The molecule has 4 unspecified atom stereocenters. The Balaban J connectivity index is 2.46. The monoisotopic (exact) mass is 213 g/mol. The van der Waals surface area contributed by atoms with Gasteiger partial charge < -0.3 is 20.2 Å². The predicted octanol–water partition coefficient (Wildman–Crippen LogP) is -1.02. The SMILES string of the molecule is CC(C)=C1C(O)C(O)C2C(O)CC(=O)N12. The van der Waals surface area contributed by atoms with Crippen molar-refractivity contribution in [3.63, 3.8) is 0 Å². The molecule has 2 fully saturated rings. The van der Waals surface area contributed by atoms with E-state index in [9.17, 15) is 20.1 Å². The largest absolute Gasteiger partial charge is 0.390 e. The first kappa shape index (κ1) is 10.6. The second kappa shape index (κ2) is 3.30. The number of amides is 1. The van der Waals surface area contributed by atoms with E-state index in [1.807, 2.05) is 0 Å². The van der Waals surface area contributed by atoms with Crippen LogP contribution in [0, 0.1) is 0 Å². The summed E-state index contributed by atoms with van der Waals surface area (Å²) in [5.74, 6) is -0.237. The number of aliphatic hydroxyl groups excluding tert-OH is 3. The molecule has 2 saturated heterocycles. The molecule has 2 aliphatic rings. The van der Waals surface area contributed by atoms with Gasteiger partial charge in [-0.05, 0) is 13.8 Å². The van der Waals surface area contributed by atoms with Crippen LogP contribution in [-0.2, 0) is 4.79 Å². The molecular formula is C10H15NO4. The highest BCUT2D eigenvalue weighted by Crippen LogP contribution is 2.38. The number of hydrogen-bond acceptors (Lipinski definition) is 4. The fourth-order valence-corrected chi connectivity index (χ4v) is 2.44. The molecule has 0 bridgehead atoms. The third-order valence-electron chi connectivity index (χ3n) is 3.07. The smallest absolute Gasteiger partial charge is 0.229 e. The topological polar surface area (TPSA) is 81.0 Å². The van der Waals surface area contributed by atoms with Gasteiger partial charge >= 0.3 is 0 Å². The van der Waals surface area contributed by atoms with Crippen LogP contribution < -0.4 is 0 Å². The number of allylic oxidation sites excluding steroid dienone is 1. The van der Waals surface area contributed by atoms with E-state index in [0.717, 1.165) is 5.57 Å². The highest BCUT2D eigenvalue weighted by Gasteiger charge is 2.54. The summed E-state index contributed by atoms with van der Waals surface area (Å²) in [5, 5.41) is 29.1. The predicted molar refractivity (Wildman–Crippen MR) is 51.6 cm³/mol. The molecule has 4 atom stereocenters. The van der Waals surface area contributed by atoms with Gasteiger partial charge in [0.2, 0.25) is 5.91 Å². The number of rotatable bonds is 0. The van der Waals surface area contributed by atoms with E-state index in [1.165, 1.54) is 4.90 Å². The molecule has 1 amide bonds. The Morgan fingerprint density at radius 1 is 1.33 bits per heavy atom. The van der Waals surface area contributed by atoms with E-state index < -0.39 is 24.4 Å². The molecule has 2 heterocycles. The molecule has 0 aromatic rings. The lowest BCUT2D eigenvalue weighted by atomic mass is 10.0. The number of hydrogen-bond donors (Lipinski definition) is 3.